The minimum atomic E-state index is -4.01. The lowest BCUT2D eigenvalue weighted by molar-refractivity contribution is 0.0918. The fraction of sp³-hybridized carbons (Fsp3) is 0.0625. The first-order valence-electron chi connectivity index (χ1n) is 6.94. The van der Waals surface area contributed by atoms with Crippen molar-refractivity contribution in [1.29, 1.82) is 0 Å². The SMILES string of the molecule is Cc1c(C(=O)NNS(=O)(=O)c2ccc(F)cc2)oc2ccccc12. The molecule has 1 aromatic heterocycles. The maximum absolute atomic E-state index is 12.9. The number of hydrogen-bond acceptors (Lipinski definition) is 4. The zero-order valence-corrected chi connectivity index (χ0v) is 13.4. The van der Waals surface area contributed by atoms with Crippen LogP contribution in [0.2, 0.25) is 0 Å². The van der Waals surface area contributed by atoms with Gasteiger partial charge in [0.2, 0.25) is 0 Å². The van der Waals surface area contributed by atoms with Crippen molar-refractivity contribution < 1.29 is 22.0 Å². The van der Waals surface area contributed by atoms with E-state index in [-0.39, 0.29) is 10.7 Å². The number of benzene rings is 2. The van der Waals surface area contributed by atoms with E-state index in [9.17, 15) is 17.6 Å². The summed E-state index contributed by atoms with van der Waals surface area (Å²) >= 11 is 0. The molecule has 24 heavy (non-hydrogen) atoms. The zero-order chi connectivity index (χ0) is 17.3. The standard InChI is InChI=1S/C16H13FN2O4S/c1-10-13-4-2-3-5-14(13)23-15(10)16(20)18-19-24(21,22)12-8-6-11(17)7-9-12/h2-9,19H,1H3,(H,18,20). The minimum absolute atomic E-state index is 0.0120. The summed E-state index contributed by atoms with van der Waals surface area (Å²) in [5, 5.41) is 0.768. The Kier molecular flexibility index (Phi) is 4.08. The summed E-state index contributed by atoms with van der Waals surface area (Å²) < 4.78 is 42.4. The second-order valence-electron chi connectivity index (χ2n) is 5.07. The van der Waals surface area contributed by atoms with E-state index in [2.05, 4.69) is 5.43 Å². The Morgan fingerprint density at radius 3 is 2.42 bits per heavy atom. The summed E-state index contributed by atoms with van der Waals surface area (Å²) in [4.78, 5) is 14.0. The van der Waals surface area contributed by atoms with Crippen LogP contribution in [-0.4, -0.2) is 14.3 Å². The van der Waals surface area contributed by atoms with E-state index >= 15 is 0 Å². The van der Waals surface area contributed by atoms with E-state index in [1.165, 1.54) is 0 Å². The van der Waals surface area contributed by atoms with Gasteiger partial charge in [-0.15, -0.1) is 4.83 Å². The molecule has 0 aliphatic carbocycles. The third-order valence-corrected chi connectivity index (χ3v) is 4.74. The van der Waals surface area contributed by atoms with E-state index in [1.54, 1.807) is 25.1 Å². The number of hydrogen-bond donors (Lipinski definition) is 2. The molecule has 1 amide bonds. The summed E-state index contributed by atoms with van der Waals surface area (Å²) in [7, 11) is -4.01. The first-order valence-corrected chi connectivity index (χ1v) is 8.42. The van der Waals surface area contributed by atoms with Crippen LogP contribution < -0.4 is 10.3 Å². The number of sulfonamides is 1. The molecule has 0 fully saturated rings. The molecule has 0 aliphatic rings. The van der Waals surface area contributed by atoms with E-state index in [1.807, 2.05) is 10.9 Å². The maximum atomic E-state index is 12.9. The van der Waals surface area contributed by atoms with Crippen LogP contribution >= 0.6 is 0 Å². The molecule has 0 radical (unpaired) electrons. The van der Waals surface area contributed by atoms with Gasteiger partial charge in [-0.1, -0.05) is 18.2 Å². The van der Waals surface area contributed by atoms with Crippen LogP contribution in [0.5, 0.6) is 0 Å². The highest BCUT2D eigenvalue weighted by atomic mass is 32.2. The molecule has 2 aromatic carbocycles. The molecule has 0 saturated carbocycles. The van der Waals surface area contributed by atoms with E-state index in [4.69, 9.17) is 4.42 Å². The number of hydrazine groups is 1. The average molecular weight is 348 g/mol. The molecule has 3 rings (SSSR count). The van der Waals surface area contributed by atoms with Crippen molar-refractivity contribution in [3.8, 4) is 0 Å². The first kappa shape index (κ1) is 16.2. The van der Waals surface area contributed by atoms with Crippen molar-refractivity contribution in [1.82, 2.24) is 10.3 Å². The number of amides is 1. The minimum Gasteiger partial charge on any atom is -0.451 e. The van der Waals surface area contributed by atoms with Crippen molar-refractivity contribution in [2.24, 2.45) is 0 Å². The molecule has 124 valence electrons. The van der Waals surface area contributed by atoms with Gasteiger partial charge in [0.05, 0.1) is 4.90 Å². The van der Waals surface area contributed by atoms with Crippen molar-refractivity contribution in [2.45, 2.75) is 11.8 Å². The quantitative estimate of drug-likeness (QED) is 0.709. The van der Waals surface area contributed by atoms with Crippen LogP contribution in [0.4, 0.5) is 4.39 Å². The van der Waals surface area contributed by atoms with Gasteiger partial charge >= 0.3 is 5.91 Å². The molecule has 1 heterocycles. The van der Waals surface area contributed by atoms with Crippen molar-refractivity contribution in [3.05, 3.63) is 65.7 Å². The molecule has 0 bridgehead atoms. The number of nitrogens with one attached hydrogen (secondary N) is 2. The summed E-state index contributed by atoms with van der Waals surface area (Å²) in [6.07, 6.45) is 0. The predicted octanol–water partition coefficient (Wildman–Crippen LogP) is 2.50. The number of furan rings is 1. The molecule has 0 unspecified atom stereocenters. The smallest absolute Gasteiger partial charge is 0.302 e. The molecule has 0 aliphatic heterocycles. The maximum Gasteiger partial charge on any atom is 0.302 e. The fourth-order valence-corrected chi connectivity index (χ4v) is 3.07. The fourth-order valence-electron chi connectivity index (χ4n) is 2.23. The summed E-state index contributed by atoms with van der Waals surface area (Å²) in [6, 6.07) is 11.3. The van der Waals surface area contributed by atoms with E-state index in [0.717, 1.165) is 29.7 Å². The highest BCUT2D eigenvalue weighted by Crippen LogP contribution is 2.24. The number of carbonyl (C=O) groups excluding carboxylic acids is 1. The Balaban J connectivity index is 1.79. The number of rotatable bonds is 4. The van der Waals surface area contributed by atoms with Crippen molar-refractivity contribution in [3.63, 3.8) is 0 Å². The van der Waals surface area contributed by atoms with Crippen LogP contribution in [0, 0.1) is 12.7 Å². The third-order valence-electron chi connectivity index (χ3n) is 3.47. The van der Waals surface area contributed by atoms with E-state index < -0.39 is 21.7 Å². The Morgan fingerprint density at radius 2 is 1.75 bits per heavy atom. The predicted molar refractivity (Wildman–Crippen MR) is 85.1 cm³/mol. The molecule has 6 nitrogen and oxygen atoms in total. The highest BCUT2D eigenvalue weighted by molar-refractivity contribution is 7.89. The number of halogens is 1. The molecular formula is C16H13FN2O4S. The van der Waals surface area contributed by atoms with Crippen LogP contribution in [-0.2, 0) is 10.0 Å². The van der Waals surface area contributed by atoms with Gasteiger partial charge < -0.3 is 4.42 Å². The second-order valence-corrected chi connectivity index (χ2v) is 6.75. The largest absolute Gasteiger partial charge is 0.451 e. The van der Waals surface area contributed by atoms with Crippen LogP contribution in [0.25, 0.3) is 11.0 Å². The number of para-hydroxylation sites is 1. The molecule has 0 spiro atoms. The lowest BCUT2D eigenvalue weighted by Crippen LogP contribution is -2.41. The van der Waals surface area contributed by atoms with Gasteiger partial charge in [0.25, 0.3) is 10.0 Å². The van der Waals surface area contributed by atoms with Gasteiger partial charge in [0, 0.05) is 10.9 Å². The molecule has 0 atom stereocenters. The normalized spacial score (nSPS) is 11.6. The van der Waals surface area contributed by atoms with E-state index in [0.29, 0.717) is 11.1 Å². The highest BCUT2D eigenvalue weighted by Gasteiger charge is 2.20. The van der Waals surface area contributed by atoms with Gasteiger partial charge in [-0.3, -0.25) is 10.2 Å². The van der Waals surface area contributed by atoms with Gasteiger partial charge in [-0.2, -0.15) is 0 Å². The van der Waals surface area contributed by atoms with Gasteiger partial charge in [0.15, 0.2) is 5.76 Å². The zero-order valence-electron chi connectivity index (χ0n) is 12.5. The second kappa shape index (κ2) is 6.06. The molecule has 3 aromatic rings. The third kappa shape index (κ3) is 3.01. The number of fused-ring (bicyclic) bond motifs is 1. The number of aryl methyl sites for hydroxylation is 1. The average Bonchev–Trinajstić information content (AvgIpc) is 2.91. The Morgan fingerprint density at radius 1 is 1.08 bits per heavy atom. The topological polar surface area (TPSA) is 88.4 Å². The lowest BCUT2D eigenvalue weighted by atomic mass is 10.1. The van der Waals surface area contributed by atoms with Crippen LogP contribution in [0.3, 0.4) is 0 Å². The van der Waals surface area contributed by atoms with Crippen LogP contribution in [0.1, 0.15) is 16.1 Å². The Bertz CT molecular complexity index is 1010. The Hall–Kier alpha value is -2.71. The van der Waals surface area contributed by atoms with Gasteiger partial charge in [-0.25, -0.2) is 12.8 Å². The van der Waals surface area contributed by atoms with Crippen molar-refractivity contribution in [2.75, 3.05) is 0 Å². The molecule has 8 heteroatoms. The molecule has 0 saturated heterocycles. The lowest BCUT2D eigenvalue weighted by Gasteiger charge is -2.07. The van der Waals surface area contributed by atoms with Gasteiger partial charge in [-0.05, 0) is 37.3 Å². The summed E-state index contributed by atoms with van der Waals surface area (Å²) in [5.41, 5.74) is 3.22. The first-order chi connectivity index (χ1) is 11.4. The summed E-state index contributed by atoms with van der Waals surface area (Å²) in [5.74, 6) is -1.27. The molecular weight excluding hydrogens is 335 g/mol. The Labute approximate surface area is 137 Å². The number of carbonyl (C=O) groups is 1. The van der Waals surface area contributed by atoms with Crippen LogP contribution in [0.15, 0.2) is 57.8 Å². The van der Waals surface area contributed by atoms with Gasteiger partial charge in [0.1, 0.15) is 11.4 Å². The summed E-state index contributed by atoms with van der Waals surface area (Å²) in [6.45, 7) is 1.70. The monoisotopic (exact) mass is 348 g/mol. The van der Waals surface area contributed by atoms with Crippen molar-refractivity contribution >= 4 is 26.9 Å². The molecule has 2 N–H and O–H groups in total.